The lowest BCUT2D eigenvalue weighted by molar-refractivity contribution is 0.142. The van der Waals surface area contributed by atoms with Gasteiger partial charge in [0.2, 0.25) is 0 Å². The van der Waals surface area contributed by atoms with Crippen molar-refractivity contribution in [2.75, 3.05) is 39.3 Å². The van der Waals surface area contributed by atoms with Crippen molar-refractivity contribution >= 4 is 10.2 Å². The average molecular weight is 341 g/mol. The second-order valence-corrected chi connectivity index (χ2v) is 8.20. The Hall–Kier alpha value is -1.02. The molecule has 0 aromatic heterocycles. The maximum absolute atomic E-state index is 13.0. The first-order valence-electron chi connectivity index (χ1n) is 8.23. The lowest BCUT2D eigenvalue weighted by Gasteiger charge is -2.38. The van der Waals surface area contributed by atoms with Crippen molar-refractivity contribution < 1.29 is 12.8 Å². The fourth-order valence-corrected chi connectivity index (χ4v) is 5.03. The molecule has 2 aliphatic heterocycles. The van der Waals surface area contributed by atoms with E-state index in [4.69, 9.17) is 0 Å². The van der Waals surface area contributed by atoms with Gasteiger partial charge in [-0.15, -0.1) is 0 Å². The van der Waals surface area contributed by atoms with Crippen molar-refractivity contribution in [3.05, 3.63) is 35.6 Å². The van der Waals surface area contributed by atoms with E-state index in [1.165, 1.54) is 12.1 Å². The van der Waals surface area contributed by atoms with Crippen molar-refractivity contribution in [3.63, 3.8) is 0 Å². The molecule has 2 fully saturated rings. The predicted molar refractivity (Wildman–Crippen MR) is 87.7 cm³/mol. The minimum atomic E-state index is -3.29. The van der Waals surface area contributed by atoms with Crippen LogP contribution >= 0.6 is 0 Å². The average Bonchev–Trinajstić information content (AvgIpc) is 3.10. The number of nitrogens with zero attached hydrogens (tertiary/aromatic N) is 3. The summed E-state index contributed by atoms with van der Waals surface area (Å²) in [6, 6.07) is 6.70. The highest BCUT2D eigenvalue weighted by molar-refractivity contribution is 7.86. The molecule has 2 heterocycles. The lowest BCUT2D eigenvalue weighted by atomic mass is 10.1. The summed E-state index contributed by atoms with van der Waals surface area (Å²) in [4.78, 5) is 2.25. The predicted octanol–water partition coefficient (Wildman–Crippen LogP) is 1.84. The van der Waals surface area contributed by atoms with Crippen molar-refractivity contribution in [3.8, 4) is 0 Å². The molecular weight excluding hydrogens is 317 g/mol. The van der Waals surface area contributed by atoms with Crippen LogP contribution in [0, 0.1) is 5.82 Å². The number of benzene rings is 1. The summed E-state index contributed by atoms with van der Waals surface area (Å²) in [5.41, 5.74) is 1.06. The normalized spacial score (nSPS) is 23.2. The van der Waals surface area contributed by atoms with Crippen molar-refractivity contribution in [1.82, 2.24) is 13.5 Å². The van der Waals surface area contributed by atoms with Gasteiger partial charge in [0.15, 0.2) is 0 Å². The van der Waals surface area contributed by atoms with Crippen LogP contribution in [0.2, 0.25) is 0 Å². The van der Waals surface area contributed by atoms with Crippen molar-refractivity contribution in [2.24, 2.45) is 0 Å². The van der Waals surface area contributed by atoms with Crippen LogP contribution in [0.3, 0.4) is 0 Å². The van der Waals surface area contributed by atoms with Gasteiger partial charge in [-0.2, -0.15) is 17.0 Å². The summed E-state index contributed by atoms with van der Waals surface area (Å²) in [5.74, 6) is -0.234. The molecule has 1 atom stereocenters. The minimum Gasteiger partial charge on any atom is -0.294 e. The van der Waals surface area contributed by atoms with Crippen LogP contribution in [0.4, 0.5) is 4.39 Å². The zero-order chi connectivity index (χ0) is 16.4. The number of hydrogen-bond donors (Lipinski definition) is 0. The Morgan fingerprint density at radius 2 is 1.43 bits per heavy atom. The van der Waals surface area contributed by atoms with Gasteiger partial charge >= 0.3 is 0 Å². The summed E-state index contributed by atoms with van der Waals surface area (Å²) >= 11 is 0. The standard InChI is InChI=1S/C16H24FN3O2S/c1-14(15-4-6-16(17)7-5-15)18-10-12-20(13-11-18)23(21,22)19-8-2-3-9-19/h4-7,14H,2-3,8-13H2,1H3/t14-/m1/s1. The molecule has 2 saturated heterocycles. The Balaban J connectivity index is 1.60. The molecule has 128 valence electrons. The van der Waals surface area contributed by atoms with Gasteiger partial charge in [0.05, 0.1) is 0 Å². The van der Waals surface area contributed by atoms with Gasteiger partial charge in [0.25, 0.3) is 10.2 Å². The van der Waals surface area contributed by atoms with Gasteiger partial charge in [-0.25, -0.2) is 4.39 Å². The molecule has 0 N–H and O–H groups in total. The van der Waals surface area contributed by atoms with Crippen LogP contribution in [0.5, 0.6) is 0 Å². The summed E-state index contributed by atoms with van der Waals surface area (Å²) < 4.78 is 41.4. The number of hydrogen-bond acceptors (Lipinski definition) is 3. The highest BCUT2D eigenvalue weighted by Crippen LogP contribution is 2.24. The molecule has 0 unspecified atom stereocenters. The Morgan fingerprint density at radius 3 is 2.00 bits per heavy atom. The number of rotatable bonds is 4. The van der Waals surface area contributed by atoms with E-state index in [0.717, 1.165) is 18.4 Å². The van der Waals surface area contributed by atoms with E-state index in [1.807, 2.05) is 0 Å². The van der Waals surface area contributed by atoms with Crippen LogP contribution in [0.15, 0.2) is 24.3 Å². The topological polar surface area (TPSA) is 43.9 Å². The third kappa shape index (κ3) is 3.57. The summed E-state index contributed by atoms with van der Waals surface area (Å²) in [7, 11) is -3.29. The monoisotopic (exact) mass is 341 g/mol. The Labute approximate surface area is 137 Å². The van der Waals surface area contributed by atoms with Crippen LogP contribution in [-0.2, 0) is 10.2 Å². The zero-order valence-corrected chi connectivity index (χ0v) is 14.3. The van der Waals surface area contributed by atoms with Crippen LogP contribution in [-0.4, -0.2) is 61.2 Å². The third-order valence-electron chi connectivity index (χ3n) is 4.89. The fourth-order valence-electron chi connectivity index (χ4n) is 3.36. The Morgan fingerprint density at radius 1 is 0.913 bits per heavy atom. The maximum Gasteiger partial charge on any atom is 0.282 e. The Kier molecular flexibility index (Phi) is 5.01. The SMILES string of the molecule is C[C@H](c1ccc(F)cc1)N1CCN(S(=O)(=O)N2CCCC2)CC1. The second-order valence-electron chi connectivity index (χ2n) is 6.28. The molecule has 7 heteroatoms. The smallest absolute Gasteiger partial charge is 0.282 e. The molecule has 3 rings (SSSR count). The summed E-state index contributed by atoms with van der Waals surface area (Å²) in [6.07, 6.45) is 1.92. The zero-order valence-electron chi connectivity index (χ0n) is 13.5. The highest BCUT2D eigenvalue weighted by atomic mass is 32.2. The minimum absolute atomic E-state index is 0.159. The van der Waals surface area contributed by atoms with E-state index < -0.39 is 10.2 Å². The molecule has 0 spiro atoms. The highest BCUT2D eigenvalue weighted by Gasteiger charge is 2.34. The lowest BCUT2D eigenvalue weighted by Crippen LogP contribution is -2.52. The largest absolute Gasteiger partial charge is 0.294 e. The molecular formula is C16H24FN3O2S. The molecule has 0 saturated carbocycles. The van der Waals surface area contributed by atoms with Gasteiger partial charge in [-0.3, -0.25) is 4.90 Å². The first-order chi connectivity index (χ1) is 11.0. The second kappa shape index (κ2) is 6.84. The first kappa shape index (κ1) is 16.8. The van der Waals surface area contributed by atoms with Crippen LogP contribution in [0.1, 0.15) is 31.4 Å². The number of halogens is 1. The maximum atomic E-state index is 13.0. The molecule has 0 radical (unpaired) electrons. The van der Waals surface area contributed by atoms with E-state index >= 15 is 0 Å². The third-order valence-corrected chi connectivity index (χ3v) is 6.93. The first-order valence-corrected chi connectivity index (χ1v) is 9.63. The van der Waals surface area contributed by atoms with Gasteiger partial charge in [0.1, 0.15) is 5.82 Å². The van der Waals surface area contributed by atoms with Gasteiger partial charge in [-0.05, 0) is 37.5 Å². The van der Waals surface area contributed by atoms with Crippen LogP contribution < -0.4 is 0 Å². The quantitative estimate of drug-likeness (QED) is 0.839. The van der Waals surface area contributed by atoms with Crippen molar-refractivity contribution in [1.29, 1.82) is 0 Å². The van der Waals surface area contributed by atoms with Gasteiger partial charge < -0.3 is 0 Å². The molecule has 1 aromatic rings. The molecule has 5 nitrogen and oxygen atoms in total. The van der Waals surface area contributed by atoms with E-state index in [1.54, 1.807) is 20.7 Å². The molecule has 1 aromatic carbocycles. The van der Waals surface area contributed by atoms with Gasteiger partial charge in [0, 0.05) is 45.3 Å². The molecule has 2 aliphatic rings. The molecule has 0 aliphatic carbocycles. The van der Waals surface area contributed by atoms with Gasteiger partial charge in [-0.1, -0.05) is 12.1 Å². The fraction of sp³-hybridized carbons (Fsp3) is 0.625. The number of piperazine rings is 1. The Bertz CT molecular complexity index is 621. The van der Waals surface area contributed by atoms with Crippen LogP contribution in [0.25, 0.3) is 0 Å². The molecule has 23 heavy (non-hydrogen) atoms. The molecule has 0 bridgehead atoms. The van der Waals surface area contributed by atoms with E-state index in [9.17, 15) is 12.8 Å². The van der Waals surface area contributed by atoms with E-state index in [2.05, 4.69) is 11.8 Å². The summed E-state index contributed by atoms with van der Waals surface area (Å²) in [6.45, 7) is 5.81. The van der Waals surface area contributed by atoms with E-state index in [0.29, 0.717) is 39.3 Å². The molecule has 0 amide bonds. The van der Waals surface area contributed by atoms with Crippen molar-refractivity contribution in [2.45, 2.75) is 25.8 Å². The summed E-state index contributed by atoms with van der Waals surface area (Å²) in [5, 5.41) is 0. The van der Waals surface area contributed by atoms with E-state index in [-0.39, 0.29) is 11.9 Å².